The van der Waals surface area contributed by atoms with E-state index in [4.69, 9.17) is 4.74 Å². The Hall–Kier alpha value is -2.38. The molecule has 0 aliphatic carbocycles. The number of aromatic nitrogens is 1. The number of nitrogens with zero attached hydrogens (tertiary/aromatic N) is 1. The smallest absolute Gasteiger partial charge is 0.269 e. The number of anilines is 2. The number of amides is 1. The highest BCUT2D eigenvalue weighted by Crippen LogP contribution is 2.23. The highest BCUT2D eigenvalue weighted by Gasteiger charge is 2.30. The van der Waals surface area contributed by atoms with Crippen LogP contribution in [0.1, 0.15) is 18.7 Å². The standard InChI is InChI=1S/C19H21N3O2S2/c1-19(2,17(23)22-18-21-11-13-26-18)24-15-7-5-14(6-8-15)20-10-9-16-4-3-12-25-16/h3-8,11-13,20H,9-10H2,1-2H3,(H,21,22,23). The van der Waals surface area contributed by atoms with Crippen molar-refractivity contribution in [2.75, 3.05) is 17.2 Å². The molecule has 3 aromatic rings. The van der Waals surface area contributed by atoms with E-state index >= 15 is 0 Å². The van der Waals surface area contributed by atoms with E-state index < -0.39 is 5.60 Å². The third kappa shape index (κ3) is 5.06. The van der Waals surface area contributed by atoms with Gasteiger partial charge in [-0.3, -0.25) is 10.1 Å². The highest BCUT2D eigenvalue weighted by atomic mass is 32.1. The van der Waals surface area contributed by atoms with Crippen molar-refractivity contribution in [2.45, 2.75) is 25.9 Å². The third-order valence-corrected chi connectivity index (χ3v) is 5.33. The van der Waals surface area contributed by atoms with Gasteiger partial charge in [0.15, 0.2) is 10.7 Å². The van der Waals surface area contributed by atoms with Gasteiger partial charge in [-0.25, -0.2) is 4.98 Å². The van der Waals surface area contributed by atoms with Crippen LogP contribution in [-0.2, 0) is 11.2 Å². The second-order valence-electron chi connectivity index (χ2n) is 6.18. The first-order valence-electron chi connectivity index (χ1n) is 8.29. The minimum Gasteiger partial charge on any atom is -0.478 e. The summed E-state index contributed by atoms with van der Waals surface area (Å²) >= 11 is 3.14. The number of carbonyl (C=O) groups excluding carboxylic acids is 1. The quantitative estimate of drug-likeness (QED) is 0.590. The molecule has 0 aliphatic rings. The van der Waals surface area contributed by atoms with Crippen LogP contribution in [0, 0.1) is 0 Å². The van der Waals surface area contributed by atoms with Crippen LogP contribution < -0.4 is 15.4 Å². The van der Waals surface area contributed by atoms with Crippen LogP contribution in [0.2, 0.25) is 0 Å². The summed E-state index contributed by atoms with van der Waals surface area (Å²) < 4.78 is 5.87. The van der Waals surface area contributed by atoms with Gasteiger partial charge in [-0.2, -0.15) is 0 Å². The van der Waals surface area contributed by atoms with Gasteiger partial charge in [-0.05, 0) is 56.0 Å². The van der Waals surface area contributed by atoms with E-state index in [9.17, 15) is 4.79 Å². The maximum atomic E-state index is 12.4. The van der Waals surface area contributed by atoms with Gasteiger partial charge in [-0.1, -0.05) is 6.07 Å². The Bertz CT molecular complexity index is 813. The van der Waals surface area contributed by atoms with Crippen molar-refractivity contribution in [1.29, 1.82) is 0 Å². The molecule has 0 spiro atoms. The molecule has 1 amide bonds. The summed E-state index contributed by atoms with van der Waals surface area (Å²) in [5.74, 6) is 0.415. The fourth-order valence-corrected chi connectivity index (χ4v) is 3.53. The molecule has 5 nitrogen and oxygen atoms in total. The van der Waals surface area contributed by atoms with Gasteiger partial charge in [-0.15, -0.1) is 22.7 Å². The first kappa shape index (κ1) is 18.4. The van der Waals surface area contributed by atoms with Crippen molar-refractivity contribution in [3.63, 3.8) is 0 Å². The van der Waals surface area contributed by atoms with Gasteiger partial charge < -0.3 is 10.1 Å². The first-order valence-corrected chi connectivity index (χ1v) is 10.1. The average Bonchev–Trinajstić information content (AvgIpc) is 3.30. The molecule has 0 aliphatic heterocycles. The van der Waals surface area contributed by atoms with Crippen molar-refractivity contribution in [2.24, 2.45) is 0 Å². The molecule has 3 rings (SSSR count). The van der Waals surface area contributed by atoms with Gasteiger partial charge >= 0.3 is 0 Å². The van der Waals surface area contributed by atoms with Crippen LogP contribution in [0.15, 0.2) is 53.4 Å². The zero-order valence-corrected chi connectivity index (χ0v) is 16.3. The summed E-state index contributed by atoms with van der Waals surface area (Å²) in [7, 11) is 0. The summed E-state index contributed by atoms with van der Waals surface area (Å²) in [6, 6.07) is 11.9. The van der Waals surface area contributed by atoms with E-state index in [-0.39, 0.29) is 5.91 Å². The van der Waals surface area contributed by atoms with E-state index in [1.165, 1.54) is 16.2 Å². The van der Waals surface area contributed by atoms with Crippen molar-refractivity contribution in [3.05, 3.63) is 58.2 Å². The Morgan fingerprint density at radius 2 is 1.96 bits per heavy atom. The van der Waals surface area contributed by atoms with Crippen LogP contribution in [0.25, 0.3) is 0 Å². The van der Waals surface area contributed by atoms with Gasteiger partial charge in [0.25, 0.3) is 5.91 Å². The predicted molar refractivity (Wildman–Crippen MR) is 108 cm³/mol. The molecule has 0 atom stereocenters. The zero-order chi connectivity index (χ0) is 18.4. The summed E-state index contributed by atoms with van der Waals surface area (Å²) in [4.78, 5) is 17.8. The molecule has 0 bridgehead atoms. The van der Waals surface area contributed by atoms with E-state index in [1.54, 1.807) is 31.4 Å². The Morgan fingerprint density at radius 1 is 1.15 bits per heavy atom. The number of nitrogens with one attached hydrogen (secondary N) is 2. The molecule has 2 heterocycles. The Kier molecular flexibility index (Phi) is 5.90. The van der Waals surface area contributed by atoms with Crippen LogP contribution in [0.5, 0.6) is 5.75 Å². The van der Waals surface area contributed by atoms with E-state index in [0.717, 1.165) is 18.7 Å². The van der Waals surface area contributed by atoms with Crippen LogP contribution in [-0.4, -0.2) is 23.0 Å². The molecule has 136 valence electrons. The van der Waals surface area contributed by atoms with Crippen molar-refractivity contribution in [1.82, 2.24) is 4.98 Å². The third-order valence-electron chi connectivity index (χ3n) is 3.71. The second kappa shape index (κ2) is 8.33. The molecule has 2 aromatic heterocycles. The lowest BCUT2D eigenvalue weighted by Crippen LogP contribution is -2.42. The fourth-order valence-electron chi connectivity index (χ4n) is 2.30. The van der Waals surface area contributed by atoms with Crippen molar-refractivity contribution >= 4 is 39.4 Å². The van der Waals surface area contributed by atoms with Crippen LogP contribution in [0.4, 0.5) is 10.8 Å². The summed E-state index contributed by atoms with van der Waals surface area (Å²) in [6.45, 7) is 4.36. The number of ether oxygens (including phenoxy) is 1. The van der Waals surface area contributed by atoms with Crippen LogP contribution in [0.3, 0.4) is 0 Å². The number of rotatable bonds is 8. The second-order valence-corrected chi connectivity index (χ2v) is 8.11. The molecule has 2 N–H and O–H groups in total. The number of thiazole rings is 1. The summed E-state index contributed by atoms with van der Waals surface area (Å²) in [5, 5.41) is 10.6. The lowest BCUT2D eigenvalue weighted by Gasteiger charge is -2.24. The molecule has 26 heavy (non-hydrogen) atoms. The van der Waals surface area contributed by atoms with Gasteiger partial charge in [0.2, 0.25) is 0 Å². The normalized spacial score (nSPS) is 11.2. The predicted octanol–water partition coefficient (Wildman–Crippen LogP) is 4.66. The fraction of sp³-hybridized carbons (Fsp3) is 0.263. The minimum atomic E-state index is -1.00. The Balaban J connectivity index is 1.51. The number of benzene rings is 1. The molecular weight excluding hydrogens is 366 g/mol. The topological polar surface area (TPSA) is 63.2 Å². The summed E-state index contributed by atoms with van der Waals surface area (Å²) in [6.07, 6.45) is 2.65. The minimum absolute atomic E-state index is 0.231. The molecule has 0 saturated carbocycles. The van der Waals surface area contributed by atoms with Gasteiger partial charge in [0.1, 0.15) is 5.75 Å². The first-order chi connectivity index (χ1) is 12.5. The van der Waals surface area contributed by atoms with Crippen molar-refractivity contribution < 1.29 is 9.53 Å². The van der Waals surface area contributed by atoms with E-state index in [0.29, 0.717) is 10.9 Å². The van der Waals surface area contributed by atoms with E-state index in [1.807, 2.05) is 29.6 Å². The number of hydrogen-bond donors (Lipinski definition) is 2. The monoisotopic (exact) mass is 387 g/mol. The molecule has 0 radical (unpaired) electrons. The van der Waals surface area contributed by atoms with Crippen molar-refractivity contribution in [3.8, 4) is 5.75 Å². The molecule has 1 aromatic carbocycles. The van der Waals surface area contributed by atoms with Crippen LogP contribution >= 0.6 is 22.7 Å². The highest BCUT2D eigenvalue weighted by molar-refractivity contribution is 7.13. The molecule has 0 saturated heterocycles. The lowest BCUT2D eigenvalue weighted by atomic mass is 10.1. The Labute approximate surface area is 161 Å². The molecular formula is C19H21N3O2S2. The van der Waals surface area contributed by atoms with Gasteiger partial charge in [0, 0.05) is 28.7 Å². The molecule has 7 heteroatoms. The SMILES string of the molecule is CC(C)(Oc1ccc(NCCc2cccs2)cc1)C(=O)Nc1nccs1. The average molecular weight is 388 g/mol. The lowest BCUT2D eigenvalue weighted by molar-refractivity contribution is -0.128. The maximum Gasteiger partial charge on any atom is 0.269 e. The van der Waals surface area contributed by atoms with Gasteiger partial charge in [0.05, 0.1) is 0 Å². The Morgan fingerprint density at radius 3 is 2.62 bits per heavy atom. The number of hydrogen-bond acceptors (Lipinski definition) is 6. The summed E-state index contributed by atoms with van der Waals surface area (Å²) in [5.41, 5.74) is 0.0266. The number of carbonyl (C=O) groups is 1. The molecule has 0 unspecified atom stereocenters. The largest absolute Gasteiger partial charge is 0.478 e. The number of thiophene rings is 1. The van der Waals surface area contributed by atoms with E-state index in [2.05, 4.69) is 33.1 Å². The molecule has 0 fully saturated rings. The zero-order valence-electron chi connectivity index (χ0n) is 14.7. The maximum absolute atomic E-state index is 12.4.